The van der Waals surface area contributed by atoms with Gasteiger partial charge in [0.05, 0.1) is 12.7 Å². The van der Waals surface area contributed by atoms with Crippen molar-refractivity contribution in [1.29, 1.82) is 5.26 Å². The van der Waals surface area contributed by atoms with Crippen LogP contribution in [0, 0.1) is 11.3 Å². The standard InChI is InChI=1S/C13H11NO2S/c1-15-11-5-4-10(8-14)13(7-11)16-9-12-3-2-6-17-12/h2-7H,9H2,1H3. The molecule has 0 spiro atoms. The van der Waals surface area contributed by atoms with Crippen LogP contribution in [0.25, 0.3) is 0 Å². The molecule has 0 N–H and O–H groups in total. The number of nitrogens with zero attached hydrogens (tertiary/aromatic N) is 1. The Labute approximate surface area is 104 Å². The summed E-state index contributed by atoms with van der Waals surface area (Å²) >= 11 is 1.63. The minimum atomic E-state index is 0.472. The summed E-state index contributed by atoms with van der Waals surface area (Å²) in [6.07, 6.45) is 0. The zero-order valence-corrected chi connectivity index (χ0v) is 10.2. The predicted octanol–water partition coefficient (Wildman–Crippen LogP) is 3.21. The van der Waals surface area contributed by atoms with Gasteiger partial charge in [0.1, 0.15) is 24.2 Å². The summed E-state index contributed by atoms with van der Waals surface area (Å²) < 4.78 is 10.7. The number of hydrogen-bond acceptors (Lipinski definition) is 4. The predicted molar refractivity (Wildman–Crippen MR) is 66.4 cm³/mol. The molecule has 0 aliphatic heterocycles. The number of rotatable bonds is 4. The third-order valence-corrected chi connectivity index (χ3v) is 3.11. The van der Waals surface area contributed by atoms with E-state index in [2.05, 4.69) is 6.07 Å². The van der Waals surface area contributed by atoms with Crippen molar-refractivity contribution in [3.8, 4) is 17.6 Å². The summed E-state index contributed by atoms with van der Waals surface area (Å²) in [5.74, 6) is 1.24. The first-order valence-electron chi connectivity index (χ1n) is 5.07. The SMILES string of the molecule is COc1ccc(C#N)c(OCc2cccs2)c1. The maximum absolute atomic E-state index is 8.97. The lowest BCUT2D eigenvalue weighted by Gasteiger charge is -2.08. The molecule has 2 rings (SSSR count). The average Bonchev–Trinajstić information content (AvgIpc) is 2.89. The Kier molecular flexibility index (Phi) is 3.63. The summed E-state index contributed by atoms with van der Waals surface area (Å²) in [5, 5.41) is 11.0. The van der Waals surface area contributed by atoms with Crippen molar-refractivity contribution < 1.29 is 9.47 Å². The molecule has 17 heavy (non-hydrogen) atoms. The second-order valence-corrected chi connectivity index (χ2v) is 4.37. The van der Waals surface area contributed by atoms with Gasteiger partial charge < -0.3 is 9.47 Å². The van der Waals surface area contributed by atoms with Crippen molar-refractivity contribution >= 4 is 11.3 Å². The summed E-state index contributed by atoms with van der Waals surface area (Å²) in [6, 6.07) is 11.2. The molecule has 1 aromatic carbocycles. The van der Waals surface area contributed by atoms with E-state index in [1.165, 1.54) is 0 Å². The highest BCUT2D eigenvalue weighted by Gasteiger charge is 2.05. The van der Waals surface area contributed by atoms with E-state index in [4.69, 9.17) is 14.7 Å². The molecular formula is C13H11NO2S. The van der Waals surface area contributed by atoms with Crippen molar-refractivity contribution in [3.05, 3.63) is 46.2 Å². The first kappa shape index (κ1) is 11.5. The van der Waals surface area contributed by atoms with E-state index in [9.17, 15) is 0 Å². The Morgan fingerprint density at radius 1 is 1.35 bits per heavy atom. The molecule has 0 amide bonds. The number of ether oxygens (including phenoxy) is 2. The Bertz CT molecular complexity index is 529. The molecule has 0 atom stereocenters. The summed E-state index contributed by atoms with van der Waals surface area (Å²) in [6.45, 7) is 0.472. The van der Waals surface area contributed by atoms with Crippen LogP contribution in [-0.4, -0.2) is 7.11 Å². The van der Waals surface area contributed by atoms with Gasteiger partial charge in [-0.25, -0.2) is 0 Å². The van der Waals surface area contributed by atoms with Gasteiger partial charge in [0.25, 0.3) is 0 Å². The van der Waals surface area contributed by atoms with Gasteiger partial charge in [-0.3, -0.25) is 0 Å². The van der Waals surface area contributed by atoms with Crippen molar-refractivity contribution in [2.75, 3.05) is 7.11 Å². The smallest absolute Gasteiger partial charge is 0.141 e. The van der Waals surface area contributed by atoms with E-state index >= 15 is 0 Å². The molecule has 4 heteroatoms. The van der Waals surface area contributed by atoms with E-state index in [1.54, 1.807) is 36.6 Å². The highest BCUT2D eigenvalue weighted by molar-refractivity contribution is 7.09. The van der Waals surface area contributed by atoms with E-state index < -0.39 is 0 Å². The average molecular weight is 245 g/mol. The molecule has 1 aromatic heterocycles. The lowest BCUT2D eigenvalue weighted by molar-refractivity contribution is 0.306. The van der Waals surface area contributed by atoms with Gasteiger partial charge in [-0.1, -0.05) is 6.07 Å². The van der Waals surface area contributed by atoms with E-state index in [-0.39, 0.29) is 0 Å². The normalized spacial score (nSPS) is 9.65. The third-order valence-electron chi connectivity index (χ3n) is 2.26. The van der Waals surface area contributed by atoms with Crippen LogP contribution >= 0.6 is 11.3 Å². The van der Waals surface area contributed by atoms with Gasteiger partial charge in [0, 0.05) is 10.9 Å². The quantitative estimate of drug-likeness (QED) is 0.830. The van der Waals surface area contributed by atoms with Crippen molar-refractivity contribution in [2.24, 2.45) is 0 Å². The first-order valence-corrected chi connectivity index (χ1v) is 5.95. The molecule has 3 nitrogen and oxygen atoms in total. The van der Waals surface area contributed by atoms with Gasteiger partial charge in [-0.05, 0) is 23.6 Å². The lowest BCUT2D eigenvalue weighted by Crippen LogP contribution is -1.96. The maximum atomic E-state index is 8.97. The molecule has 0 radical (unpaired) electrons. The van der Waals surface area contributed by atoms with E-state index in [0.717, 1.165) is 4.88 Å². The maximum Gasteiger partial charge on any atom is 0.141 e. The molecule has 0 bridgehead atoms. The Hall–Kier alpha value is -1.99. The highest BCUT2D eigenvalue weighted by atomic mass is 32.1. The number of methoxy groups -OCH3 is 1. The topological polar surface area (TPSA) is 42.2 Å². The minimum Gasteiger partial charge on any atom is -0.497 e. The Balaban J connectivity index is 2.16. The lowest BCUT2D eigenvalue weighted by atomic mass is 10.2. The Morgan fingerprint density at radius 3 is 2.88 bits per heavy atom. The fourth-order valence-electron chi connectivity index (χ4n) is 1.39. The largest absolute Gasteiger partial charge is 0.497 e. The van der Waals surface area contributed by atoms with E-state index in [0.29, 0.717) is 23.7 Å². The first-order chi connectivity index (χ1) is 8.33. The van der Waals surface area contributed by atoms with Gasteiger partial charge in [0.2, 0.25) is 0 Å². The second kappa shape index (κ2) is 5.37. The van der Waals surface area contributed by atoms with Crippen LogP contribution in [0.15, 0.2) is 35.7 Å². The highest BCUT2D eigenvalue weighted by Crippen LogP contribution is 2.25. The Morgan fingerprint density at radius 2 is 2.24 bits per heavy atom. The minimum absolute atomic E-state index is 0.472. The molecule has 1 heterocycles. The fraction of sp³-hybridized carbons (Fsp3) is 0.154. The van der Waals surface area contributed by atoms with Crippen LogP contribution in [0.5, 0.6) is 11.5 Å². The molecule has 0 fully saturated rings. The summed E-state index contributed by atoms with van der Waals surface area (Å²) in [4.78, 5) is 1.12. The van der Waals surface area contributed by atoms with E-state index in [1.807, 2.05) is 17.5 Å². The molecule has 0 aliphatic carbocycles. The zero-order chi connectivity index (χ0) is 12.1. The molecular weight excluding hydrogens is 234 g/mol. The van der Waals surface area contributed by atoms with Crippen LogP contribution in [0.1, 0.15) is 10.4 Å². The van der Waals surface area contributed by atoms with Crippen LogP contribution in [0.3, 0.4) is 0 Å². The monoisotopic (exact) mass is 245 g/mol. The number of thiophene rings is 1. The van der Waals surface area contributed by atoms with Gasteiger partial charge in [-0.2, -0.15) is 5.26 Å². The second-order valence-electron chi connectivity index (χ2n) is 3.34. The van der Waals surface area contributed by atoms with Crippen LogP contribution in [0.4, 0.5) is 0 Å². The fourth-order valence-corrected chi connectivity index (χ4v) is 2.00. The van der Waals surface area contributed by atoms with Crippen molar-refractivity contribution in [3.63, 3.8) is 0 Å². The van der Waals surface area contributed by atoms with Gasteiger partial charge in [-0.15, -0.1) is 11.3 Å². The molecule has 2 aromatic rings. The van der Waals surface area contributed by atoms with Crippen LogP contribution < -0.4 is 9.47 Å². The number of nitriles is 1. The van der Waals surface area contributed by atoms with Crippen LogP contribution in [0.2, 0.25) is 0 Å². The molecule has 0 aliphatic rings. The molecule has 0 saturated carbocycles. The molecule has 86 valence electrons. The zero-order valence-electron chi connectivity index (χ0n) is 9.34. The van der Waals surface area contributed by atoms with Crippen molar-refractivity contribution in [2.45, 2.75) is 6.61 Å². The summed E-state index contributed by atoms with van der Waals surface area (Å²) in [5.41, 5.74) is 0.516. The van der Waals surface area contributed by atoms with Gasteiger partial charge >= 0.3 is 0 Å². The van der Waals surface area contributed by atoms with Crippen LogP contribution in [-0.2, 0) is 6.61 Å². The van der Waals surface area contributed by atoms with Gasteiger partial charge in [0.15, 0.2) is 0 Å². The number of benzene rings is 1. The molecule has 0 unspecified atom stereocenters. The van der Waals surface area contributed by atoms with Crippen molar-refractivity contribution in [1.82, 2.24) is 0 Å². The third kappa shape index (κ3) is 2.77. The molecule has 0 saturated heterocycles. The number of hydrogen-bond donors (Lipinski definition) is 0. The summed E-state index contributed by atoms with van der Waals surface area (Å²) in [7, 11) is 1.59.